The smallest absolute Gasteiger partial charge is 0.293 e. The number of rotatable bonds is 5. The number of piperazine rings is 1. The summed E-state index contributed by atoms with van der Waals surface area (Å²) in [5.41, 5.74) is 1.16. The van der Waals surface area contributed by atoms with Crippen molar-refractivity contribution in [2.75, 3.05) is 31.1 Å². The average Bonchev–Trinajstić information content (AvgIpc) is 3.14. The molecule has 0 radical (unpaired) electrons. The highest BCUT2D eigenvalue weighted by Crippen LogP contribution is 2.20. The second-order valence-corrected chi connectivity index (χ2v) is 6.79. The van der Waals surface area contributed by atoms with E-state index in [2.05, 4.69) is 32.1 Å². The summed E-state index contributed by atoms with van der Waals surface area (Å²) in [6, 6.07) is 8.90. The van der Waals surface area contributed by atoms with Gasteiger partial charge in [0.05, 0.1) is 12.7 Å². The summed E-state index contributed by atoms with van der Waals surface area (Å²) in [7, 11) is 0. The monoisotopic (exact) mass is 390 g/mol. The standard InChI is InChI=1S/C21H22N6O2/c1-2-3-11-26-19-17(24-21(26)25-12-9-22-10-13-25)14-23-27(20(19)29)15-18(28)16-7-5-4-6-8-16/h4-8,14,22H,9-13,15H2,1H3. The maximum atomic E-state index is 13.2. The molecule has 1 aliphatic rings. The zero-order valence-corrected chi connectivity index (χ0v) is 16.3. The second-order valence-electron chi connectivity index (χ2n) is 6.79. The first-order valence-electron chi connectivity index (χ1n) is 9.59. The Morgan fingerprint density at radius 2 is 1.97 bits per heavy atom. The van der Waals surface area contributed by atoms with Gasteiger partial charge in [0.1, 0.15) is 17.6 Å². The number of hydrogen-bond acceptors (Lipinski definition) is 6. The molecule has 8 nitrogen and oxygen atoms in total. The van der Waals surface area contributed by atoms with Gasteiger partial charge in [-0.15, -0.1) is 5.92 Å². The fraction of sp³-hybridized carbons (Fsp3) is 0.333. The number of carbonyl (C=O) groups excluding carboxylic acids is 1. The molecule has 1 saturated heterocycles. The Kier molecular flexibility index (Phi) is 5.40. The minimum Gasteiger partial charge on any atom is -0.340 e. The molecule has 3 aromatic rings. The van der Waals surface area contributed by atoms with Crippen molar-refractivity contribution in [1.29, 1.82) is 0 Å². The van der Waals surface area contributed by atoms with Crippen LogP contribution >= 0.6 is 0 Å². The Morgan fingerprint density at radius 3 is 2.69 bits per heavy atom. The van der Waals surface area contributed by atoms with Gasteiger partial charge in [-0.25, -0.2) is 9.67 Å². The maximum Gasteiger partial charge on any atom is 0.293 e. The quantitative estimate of drug-likeness (QED) is 0.515. The number of carbonyl (C=O) groups is 1. The number of nitrogens with one attached hydrogen (secondary N) is 1. The van der Waals surface area contributed by atoms with E-state index >= 15 is 0 Å². The van der Waals surface area contributed by atoms with Gasteiger partial charge in [-0.05, 0) is 6.92 Å². The Morgan fingerprint density at radius 1 is 1.21 bits per heavy atom. The fourth-order valence-electron chi connectivity index (χ4n) is 3.45. The molecule has 0 bridgehead atoms. The van der Waals surface area contributed by atoms with E-state index in [-0.39, 0.29) is 17.9 Å². The number of nitrogens with zero attached hydrogens (tertiary/aromatic N) is 5. The Labute approximate surface area is 168 Å². The number of hydrogen-bond donors (Lipinski definition) is 1. The zero-order chi connectivity index (χ0) is 20.2. The number of Topliss-reactive ketones (excluding diaryl/α,β-unsaturated/α-hetero) is 1. The van der Waals surface area contributed by atoms with Crippen molar-refractivity contribution in [3.05, 3.63) is 52.4 Å². The van der Waals surface area contributed by atoms with Gasteiger partial charge in [0.15, 0.2) is 5.78 Å². The van der Waals surface area contributed by atoms with Crippen molar-refractivity contribution in [1.82, 2.24) is 24.6 Å². The minimum atomic E-state index is -0.335. The number of benzene rings is 1. The van der Waals surface area contributed by atoms with Crippen LogP contribution in [0.2, 0.25) is 0 Å². The molecule has 148 valence electrons. The summed E-state index contributed by atoms with van der Waals surface area (Å²) in [5, 5.41) is 7.51. The molecule has 1 fully saturated rings. The number of anilines is 1. The molecule has 29 heavy (non-hydrogen) atoms. The number of imidazole rings is 1. The van der Waals surface area contributed by atoms with E-state index in [1.165, 1.54) is 4.68 Å². The third-order valence-electron chi connectivity index (χ3n) is 4.93. The average molecular weight is 390 g/mol. The topological polar surface area (TPSA) is 85.1 Å². The molecule has 0 saturated carbocycles. The Hall–Kier alpha value is -3.44. The summed E-state index contributed by atoms with van der Waals surface area (Å²) in [6.45, 7) is 5.33. The predicted molar refractivity (Wildman–Crippen MR) is 111 cm³/mol. The number of fused-ring (bicyclic) bond motifs is 1. The summed E-state index contributed by atoms with van der Waals surface area (Å²) in [4.78, 5) is 32.5. The van der Waals surface area contributed by atoms with E-state index in [1.807, 2.05) is 10.6 Å². The van der Waals surface area contributed by atoms with Crippen LogP contribution in [-0.2, 0) is 13.1 Å². The van der Waals surface area contributed by atoms with E-state index < -0.39 is 0 Å². The van der Waals surface area contributed by atoms with Crippen molar-refractivity contribution in [3.63, 3.8) is 0 Å². The lowest BCUT2D eigenvalue weighted by Crippen LogP contribution is -2.44. The van der Waals surface area contributed by atoms with Crippen molar-refractivity contribution in [2.45, 2.75) is 20.0 Å². The Bertz CT molecular complexity index is 1150. The molecule has 0 amide bonds. The van der Waals surface area contributed by atoms with Gasteiger partial charge < -0.3 is 10.2 Å². The highest BCUT2D eigenvalue weighted by Gasteiger charge is 2.22. The highest BCUT2D eigenvalue weighted by atomic mass is 16.1. The predicted octanol–water partition coefficient (Wildman–Crippen LogP) is 0.909. The largest absolute Gasteiger partial charge is 0.340 e. The summed E-state index contributed by atoms with van der Waals surface area (Å²) in [5.74, 6) is 6.46. The van der Waals surface area contributed by atoms with Gasteiger partial charge in [-0.1, -0.05) is 36.3 Å². The van der Waals surface area contributed by atoms with Crippen LogP contribution in [0.5, 0.6) is 0 Å². The molecule has 3 heterocycles. The summed E-state index contributed by atoms with van der Waals surface area (Å²) >= 11 is 0. The van der Waals surface area contributed by atoms with Crippen LogP contribution in [0, 0.1) is 11.8 Å². The second kappa shape index (κ2) is 8.29. The molecule has 0 unspecified atom stereocenters. The fourth-order valence-corrected chi connectivity index (χ4v) is 3.45. The van der Waals surface area contributed by atoms with Crippen molar-refractivity contribution < 1.29 is 4.79 Å². The Balaban J connectivity index is 1.76. The molecule has 0 spiro atoms. The summed E-state index contributed by atoms with van der Waals surface area (Å²) < 4.78 is 3.04. The molecular formula is C21H22N6O2. The molecule has 1 aromatic carbocycles. The number of ketones is 1. The van der Waals surface area contributed by atoms with E-state index in [4.69, 9.17) is 0 Å². The van der Waals surface area contributed by atoms with Gasteiger partial charge in [0.2, 0.25) is 5.95 Å². The van der Waals surface area contributed by atoms with Crippen LogP contribution in [0.3, 0.4) is 0 Å². The van der Waals surface area contributed by atoms with Crippen LogP contribution in [-0.4, -0.2) is 51.3 Å². The lowest BCUT2D eigenvalue weighted by Gasteiger charge is -2.28. The molecule has 0 aliphatic carbocycles. The SMILES string of the molecule is CC#CCn1c(N2CCNCC2)nc2cnn(CC(=O)c3ccccc3)c(=O)c21. The van der Waals surface area contributed by atoms with E-state index in [1.54, 1.807) is 37.4 Å². The van der Waals surface area contributed by atoms with Crippen LogP contribution in [0.25, 0.3) is 11.0 Å². The maximum absolute atomic E-state index is 13.2. The molecule has 0 atom stereocenters. The van der Waals surface area contributed by atoms with E-state index in [0.29, 0.717) is 23.1 Å². The van der Waals surface area contributed by atoms with Gasteiger partial charge in [0.25, 0.3) is 5.56 Å². The van der Waals surface area contributed by atoms with E-state index in [0.717, 1.165) is 32.1 Å². The normalized spacial score (nSPS) is 13.9. The summed E-state index contributed by atoms with van der Waals surface area (Å²) in [6.07, 6.45) is 1.55. The van der Waals surface area contributed by atoms with Gasteiger partial charge in [-0.3, -0.25) is 14.2 Å². The van der Waals surface area contributed by atoms with Crippen LogP contribution in [0.1, 0.15) is 17.3 Å². The van der Waals surface area contributed by atoms with Crippen LogP contribution in [0.15, 0.2) is 41.3 Å². The first-order valence-corrected chi connectivity index (χ1v) is 9.59. The van der Waals surface area contributed by atoms with Crippen LogP contribution < -0.4 is 15.8 Å². The minimum absolute atomic E-state index is 0.119. The van der Waals surface area contributed by atoms with Crippen LogP contribution in [0.4, 0.5) is 5.95 Å². The highest BCUT2D eigenvalue weighted by molar-refractivity contribution is 5.95. The lowest BCUT2D eigenvalue weighted by atomic mass is 10.1. The molecule has 1 aliphatic heterocycles. The lowest BCUT2D eigenvalue weighted by molar-refractivity contribution is 0.0966. The van der Waals surface area contributed by atoms with Gasteiger partial charge >= 0.3 is 0 Å². The van der Waals surface area contributed by atoms with Crippen molar-refractivity contribution >= 4 is 22.8 Å². The molecule has 4 rings (SSSR count). The first-order chi connectivity index (χ1) is 14.2. The molecular weight excluding hydrogens is 368 g/mol. The molecule has 1 N–H and O–H groups in total. The van der Waals surface area contributed by atoms with Gasteiger partial charge in [0, 0.05) is 31.7 Å². The molecule has 2 aromatic heterocycles. The third-order valence-corrected chi connectivity index (χ3v) is 4.93. The third kappa shape index (κ3) is 3.77. The number of aromatic nitrogens is 4. The van der Waals surface area contributed by atoms with Crippen molar-refractivity contribution in [3.8, 4) is 11.8 Å². The van der Waals surface area contributed by atoms with E-state index in [9.17, 15) is 9.59 Å². The molecule has 8 heteroatoms. The zero-order valence-electron chi connectivity index (χ0n) is 16.3. The van der Waals surface area contributed by atoms with Gasteiger partial charge in [-0.2, -0.15) is 5.10 Å². The van der Waals surface area contributed by atoms with Crippen molar-refractivity contribution in [2.24, 2.45) is 0 Å². The first kappa shape index (κ1) is 18.9.